The van der Waals surface area contributed by atoms with Crippen molar-refractivity contribution in [1.82, 2.24) is 4.98 Å². The van der Waals surface area contributed by atoms with E-state index in [9.17, 15) is 9.18 Å². The molecule has 2 N–H and O–H groups in total. The van der Waals surface area contributed by atoms with E-state index in [1.54, 1.807) is 36.5 Å². The summed E-state index contributed by atoms with van der Waals surface area (Å²) in [5, 5.41) is 5.87. The van der Waals surface area contributed by atoms with Gasteiger partial charge in [0, 0.05) is 18.5 Å². The number of carbonyl (C=O) groups excluding carboxylic acids is 1. The fraction of sp³-hybridized carbons (Fsp3) is 0.182. The van der Waals surface area contributed by atoms with Crippen LogP contribution in [0.15, 0.2) is 72.9 Å². The average molecular weight is 379 g/mol. The lowest BCUT2D eigenvalue weighted by Crippen LogP contribution is -2.13. The van der Waals surface area contributed by atoms with E-state index in [1.807, 2.05) is 30.3 Å². The summed E-state index contributed by atoms with van der Waals surface area (Å²) in [6.07, 6.45) is 2.55. The summed E-state index contributed by atoms with van der Waals surface area (Å²) >= 11 is 0. The SMILES string of the molecule is O=C(CCCOc1ccccc1)Nc1ccc(NCc2ccccc2F)nc1. The van der Waals surface area contributed by atoms with Crippen molar-refractivity contribution in [1.29, 1.82) is 0 Å². The highest BCUT2D eigenvalue weighted by molar-refractivity contribution is 5.90. The lowest BCUT2D eigenvalue weighted by molar-refractivity contribution is -0.116. The Balaban J connectivity index is 1.38. The topological polar surface area (TPSA) is 63.2 Å². The number of halogens is 1. The molecular formula is C22H22FN3O2. The molecule has 0 atom stereocenters. The van der Waals surface area contributed by atoms with E-state index in [0.717, 1.165) is 5.75 Å². The van der Waals surface area contributed by atoms with Crippen LogP contribution in [0.3, 0.4) is 0 Å². The molecule has 0 unspecified atom stereocenters. The monoisotopic (exact) mass is 379 g/mol. The van der Waals surface area contributed by atoms with Crippen LogP contribution in [0.4, 0.5) is 15.9 Å². The highest BCUT2D eigenvalue weighted by Gasteiger charge is 2.04. The fourth-order valence-electron chi connectivity index (χ4n) is 2.56. The lowest BCUT2D eigenvalue weighted by atomic mass is 10.2. The van der Waals surface area contributed by atoms with Crippen molar-refractivity contribution < 1.29 is 13.9 Å². The minimum absolute atomic E-state index is 0.0921. The molecule has 0 aliphatic rings. The standard InChI is InChI=1S/C22H22FN3O2/c23-20-10-5-4-7-17(20)15-24-21-13-12-18(16-25-21)26-22(27)11-6-14-28-19-8-2-1-3-9-19/h1-5,7-10,12-13,16H,6,11,14-15H2,(H,24,25)(H,26,27). The zero-order valence-corrected chi connectivity index (χ0v) is 15.4. The predicted octanol–water partition coefficient (Wildman–Crippen LogP) is 4.63. The highest BCUT2D eigenvalue weighted by atomic mass is 19.1. The van der Waals surface area contributed by atoms with Crippen LogP contribution in [0.25, 0.3) is 0 Å². The summed E-state index contributed by atoms with van der Waals surface area (Å²) in [6, 6.07) is 19.6. The maximum absolute atomic E-state index is 13.6. The highest BCUT2D eigenvalue weighted by Crippen LogP contribution is 2.13. The number of benzene rings is 2. The number of hydrogen-bond donors (Lipinski definition) is 2. The van der Waals surface area contributed by atoms with Gasteiger partial charge in [0.15, 0.2) is 0 Å². The Hall–Kier alpha value is -3.41. The number of rotatable bonds is 9. The van der Waals surface area contributed by atoms with E-state index in [2.05, 4.69) is 15.6 Å². The van der Waals surface area contributed by atoms with Crippen LogP contribution in [-0.2, 0) is 11.3 Å². The number of hydrogen-bond acceptors (Lipinski definition) is 4. The molecule has 5 nitrogen and oxygen atoms in total. The van der Waals surface area contributed by atoms with E-state index in [4.69, 9.17) is 4.74 Å². The van der Waals surface area contributed by atoms with Crippen molar-refractivity contribution in [2.45, 2.75) is 19.4 Å². The molecule has 2 aromatic carbocycles. The summed E-state index contributed by atoms with van der Waals surface area (Å²) in [6.45, 7) is 0.821. The van der Waals surface area contributed by atoms with Crippen LogP contribution in [0.5, 0.6) is 5.75 Å². The van der Waals surface area contributed by atoms with Gasteiger partial charge in [0.1, 0.15) is 17.4 Å². The van der Waals surface area contributed by atoms with Crippen molar-refractivity contribution in [2.24, 2.45) is 0 Å². The van der Waals surface area contributed by atoms with Gasteiger partial charge in [-0.2, -0.15) is 0 Å². The van der Waals surface area contributed by atoms with Gasteiger partial charge in [-0.15, -0.1) is 0 Å². The molecule has 0 saturated heterocycles. The number of para-hydroxylation sites is 1. The van der Waals surface area contributed by atoms with E-state index in [0.29, 0.717) is 43.1 Å². The Morgan fingerprint density at radius 2 is 1.79 bits per heavy atom. The predicted molar refractivity (Wildman–Crippen MR) is 108 cm³/mol. The molecule has 3 aromatic rings. The minimum atomic E-state index is -0.255. The first-order valence-corrected chi connectivity index (χ1v) is 9.12. The number of anilines is 2. The minimum Gasteiger partial charge on any atom is -0.494 e. The molecule has 0 aliphatic heterocycles. The number of nitrogens with zero attached hydrogens (tertiary/aromatic N) is 1. The molecule has 1 heterocycles. The molecule has 0 radical (unpaired) electrons. The number of aromatic nitrogens is 1. The molecule has 0 aliphatic carbocycles. The molecule has 144 valence electrons. The summed E-state index contributed by atoms with van der Waals surface area (Å²) in [4.78, 5) is 16.2. The van der Waals surface area contributed by atoms with E-state index >= 15 is 0 Å². The molecule has 0 spiro atoms. The Morgan fingerprint density at radius 3 is 2.54 bits per heavy atom. The summed E-state index contributed by atoms with van der Waals surface area (Å²) in [5.74, 6) is 1.06. The second kappa shape index (κ2) is 10.1. The maximum Gasteiger partial charge on any atom is 0.224 e. The third-order valence-corrected chi connectivity index (χ3v) is 4.03. The summed E-state index contributed by atoms with van der Waals surface area (Å²) in [5.41, 5.74) is 1.19. The van der Waals surface area contributed by atoms with Gasteiger partial charge in [0.2, 0.25) is 5.91 Å². The van der Waals surface area contributed by atoms with Gasteiger partial charge in [-0.05, 0) is 36.8 Å². The Bertz CT molecular complexity index is 886. The molecule has 0 bridgehead atoms. The van der Waals surface area contributed by atoms with Crippen LogP contribution in [0, 0.1) is 5.82 Å². The van der Waals surface area contributed by atoms with Gasteiger partial charge in [0.25, 0.3) is 0 Å². The molecule has 3 rings (SSSR count). The normalized spacial score (nSPS) is 10.3. The van der Waals surface area contributed by atoms with Crippen molar-refractivity contribution >= 4 is 17.4 Å². The fourth-order valence-corrected chi connectivity index (χ4v) is 2.56. The van der Waals surface area contributed by atoms with Gasteiger partial charge in [-0.25, -0.2) is 9.37 Å². The van der Waals surface area contributed by atoms with E-state index in [1.165, 1.54) is 6.07 Å². The number of carbonyl (C=O) groups is 1. The second-order valence-electron chi connectivity index (χ2n) is 6.19. The average Bonchev–Trinajstić information content (AvgIpc) is 2.72. The number of nitrogens with one attached hydrogen (secondary N) is 2. The smallest absolute Gasteiger partial charge is 0.224 e. The number of ether oxygens (including phenoxy) is 1. The first kappa shape index (κ1) is 19.4. The Kier molecular flexibility index (Phi) is 6.95. The summed E-state index contributed by atoms with van der Waals surface area (Å²) < 4.78 is 19.2. The van der Waals surface area contributed by atoms with E-state index < -0.39 is 0 Å². The zero-order chi connectivity index (χ0) is 19.6. The van der Waals surface area contributed by atoms with Gasteiger partial charge in [-0.3, -0.25) is 4.79 Å². The van der Waals surface area contributed by atoms with Crippen molar-refractivity contribution in [2.75, 3.05) is 17.2 Å². The molecular weight excluding hydrogens is 357 g/mol. The number of amides is 1. The van der Waals surface area contributed by atoms with Crippen molar-refractivity contribution in [3.8, 4) is 5.75 Å². The van der Waals surface area contributed by atoms with Crippen molar-refractivity contribution in [3.63, 3.8) is 0 Å². The lowest BCUT2D eigenvalue weighted by Gasteiger charge is -2.09. The van der Waals surface area contributed by atoms with Crippen LogP contribution >= 0.6 is 0 Å². The van der Waals surface area contributed by atoms with Gasteiger partial charge in [-0.1, -0.05) is 36.4 Å². The molecule has 1 amide bonds. The molecule has 0 saturated carbocycles. The first-order chi connectivity index (χ1) is 13.7. The van der Waals surface area contributed by atoms with Crippen LogP contribution < -0.4 is 15.4 Å². The Labute approximate surface area is 163 Å². The van der Waals surface area contributed by atoms with Crippen LogP contribution in [0.1, 0.15) is 18.4 Å². The molecule has 1 aromatic heterocycles. The van der Waals surface area contributed by atoms with Crippen LogP contribution in [0.2, 0.25) is 0 Å². The van der Waals surface area contributed by atoms with Gasteiger partial charge < -0.3 is 15.4 Å². The van der Waals surface area contributed by atoms with Gasteiger partial charge in [0.05, 0.1) is 18.5 Å². The number of pyridine rings is 1. The van der Waals surface area contributed by atoms with E-state index in [-0.39, 0.29) is 11.7 Å². The van der Waals surface area contributed by atoms with Crippen molar-refractivity contribution in [3.05, 3.63) is 84.3 Å². The molecule has 0 fully saturated rings. The largest absolute Gasteiger partial charge is 0.494 e. The molecule has 6 heteroatoms. The maximum atomic E-state index is 13.6. The third-order valence-electron chi connectivity index (χ3n) is 4.03. The quantitative estimate of drug-likeness (QED) is 0.532. The summed E-state index contributed by atoms with van der Waals surface area (Å²) in [7, 11) is 0. The first-order valence-electron chi connectivity index (χ1n) is 9.12. The zero-order valence-electron chi connectivity index (χ0n) is 15.4. The van der Waals surface area contributed by atoms with Gasteiger partial charge >= 0.3 is 0 Å². The second-order valence-corrected chi connectivity index (χ2v) is 6.19. The molecule has 28 heavy (non-hydrogen) atoms. The third kappa shape index (κ3) is 6.09. The van der Waals surface area contributed by atoms with Crippen LogP contribution in [-0.4, -0.2) is 17.5 Å². The Morgan fingerprint density at radius 1 is 1.00 bits per heavy atom.